The Labute approximate surface area is 169 Å². The highest BCUT2D eigenvalue weighted by Crippen LogP contribution is 2.36. The molecule has 0 spiro atoms. The van der Waals surface area contributed by atoms with Crippen LogP contribution in [0.3, 0.4) is 0 Å². The summed E-state index contributed by atoms with van der Waals surface area (Å²) in [5, 5.41) is 10.2. The minimum atomic E-state index is -1.15. The highest BCUT2D eigenvalue weighted by Gasteiger charge is 2.20. The van der Waals surface area contributed by atoms with E-state index in [-0.39, 0.29) is 7.32 Å². The van der Waals surface area contributed by atoms with Gasteiger partial charge in [0, 0.05) is 18.1 Å². The van der Waals surface area contributed by atoms with Gasteiger partial charge in [-0.3, -0.25) is 9.19 Å². The van der Waals surface area contributed by atoms with Gasteiger partial charge in [0.25, 0.3) is 11.8 Å². The molecule has 1 unspecified atom stereocenters. The third kappa shape index (κ3) is 3.34. The fraction of sp³-hybridized carbons (Fsp3) is 0.158. The predicted octanol–water partition coefficient (Wildman–Crippen LogP) is 4.22. The number of ether oxygens (including phenoxy) is 1. The Morgan fingerprint density at radius 1 is 1.18 bits per heavy atom. The number of nitrogens with zero attached hydrogens (tertiary/aromatic N) is 4. The fourth-order valence-electron chi connectivity index (χ4n) is 2.74. The quantitative estimate of drug-likeness (QED) is 0.483. The van der Waals surface area contributed by atoms with Crippen molar-refractivity contribution >= 4 is 22.1 Å². The molecule has 0 aliphatic heterocycles. The number of aromatic nitrogens is 4. The first-order chi connectivity index (χ1) is 13.6. The van der Waals surface area contributed by atoms with Gasteiger partial charge in [0.2, 0.25) is 0 Å². The minimum Gasteiger partial charge on any atom is -0.495 e. The van der Waals surface area contributed by atoms with Gasteiger partial charge in [0.15, 0.2) is 0 Å². The van der Waals surface area contributed by atoms with Crippen LogP contribution in [0.25, 0.3) is 33.6 Å². The van der Waals surface area contributed by atoms with Gasteiger partial charge >= 0.3 is 0 Å². The monoisotopic (exact) mass is 414 g/mol. The molecule has 4 aromatic rings. The number of benzene rings is 1. The zero-order valence-electron chi connectivity index (χ0n) is 15.4. The largest absolute Gasteiger partial charge is 0.495 e. The molecular weight excluding hydrogens is 396 g/mol. The number of methoxy groups -OCH3 is 1. The molecule has 0 radical (unpaired) electrons. The molecule has 3 heterocycles. The molecule has 0 fully saturated rings. The average molecular weight is 415 g/mol. The Kier molecular flexibility index (Phi) is 5.01. The van der Waals surface area contributed by atoms with Crippen molar-refractivity contribution in [2.24, 2.45) is 0 Å². The average Bonchev–Trinajstić information content (AvgIpc) is 3.37. The number of hydrogen-bond donors (Lipinski definition) is 0. The third-order valence-electron chi connectivity index (χ3n) is 4.10. The van der Waals surface area contributed by atoms with Crippen LogP contribution < -0.4 is 4.74 Å². The van der Waals surface area contributed by atoms with Crippen LogP contribution in [-0.4, -0.2) is 37.7 Å². The van der Waals surface area contributed by atoms with Crippen LogP contribution in [0.4, 0.5) is 0 Å². The van der Waals surface area contributed by atoms with Crippen LogP contribution in [0.5, 0.6) is 5.75 Å². The summed E-state index contributed by atoms with van der Waals surface area (Å²) < 4.78 is 23.2. The molecule has 28 heavy (non-hydrogen) atoms. The van der Waals surface area contributed by atoms with E-state index in [1.54, 1.807) is 19.6 Å². The number of rotatable bonds is 5. The maximum atomic E-state index is 12.1. The Morgan fingerprint density at radius 2 is 1.96 bits per heavy atom. The highest BCUT2D eigenvalue weighted by molar-refractivity contribution is 7.84. The molecule has 0 aliphatic carbocycles. The van der Waals surface area contributed by atoms with Crippen LogP contribution in [0.1, 0.15) is 7.12 Å². The number of thiophene rings is 1. The molecule has 3 aromatic heterocycles. The van der Waals surface area contributed by atoms with E-state index in [0.29, 0.717) is 33.6 Å². The Bertz CT molecular complexity index is 1180. The molecule has 7 nitrogen and oxygen atoms in total. The highest BCUT2D eigenvalue weighted by atomic mass is 32.2. The molecule has 0 saturated carbocycles. The van der Waals surface area contributed by atoms with E-state index in [0.717, 1.165) is 10.4 Å². The summed E-state index contributed by atoms with van der Waals surface area (Å²) in [6.07, 6.45) is 3.30. The van der Waals surface area contributed by atoms with Crippen LogP contribution in [0.2, 0.25) is 0 Å². The summed E-state index contributed by atoms with van der Waals surface area (Å²) in [4.78, 5) is 10.6. The van der Waals surface area contributed by atoms with Crippen LogP contribution in [-0.2, 0) is 10.8 Å². The van der Waals surface area contributed by atoms with E-state index >= 15 is 0 Å². The first kappa shape index (κ1) is 18.5. The molecule has 0 bridgehead atoms. The van der Waals surface area contributed by atoms with Gasteiger partial charge in [-0.1, -0.05) is 18.2 Å². The standard InChI is InChI=1S/C19H16N4O3S2.H2/c1-11-16(18-22-23-19(26-18)17-14(25-2)8-9-27-17)21-13(10-20-11)12-6-4-5-7-15(12)28(3)24;/h4-10H,1-3H3;1H. The predicted molar refractivity (Wildman–Crippen MR) is 110 cm³/mol. The lowest BCUT2D eigenvalue weighted by molar-refractivity contribution is 0.416. The van der Waals surface area contributed by atoms with E-state index in [1.807, 2.05) is 42.6 Å². The first-order valence-corrected chi connectivity index (χ1v) is 10.7. The maximum absolute atomic E-state index is 12.1. The summed E-state index contributed by atoms with van der Waals surface area (Å²) in [6.45, 7) is 1.82. The first-order valence-electron chi connectivity index (χ1n) is 8.30. The van der Waals surface area contributed by atoms with E-state index in [4.69, 9.17) is 9.15 Å². The van der Waals surface area contributed by atoms with Crippen molar-refractivity contribution in [3.8, 4) is 39.4 Å². The summed E-state index contributed by atoms with van der Waals surface area (Å²) in [5.74, 6) is 1.31. The van der Waals surface area contributed by atoms with E-state index in [9.17, 15) is 4.21 Å². The summed E-state index contributed by atoms with van der Waals surface area (Å²) in [7, 11) is 0.445. The summed E-state index contributed by atoms with van der Waals surface area (Å²) in [6, 6.07) is 9.26. The molecule has 4 rings (SSSR count). The van der Waals surface area contributed by atoms with Crippen molar-refractivity contribution in [3.63, 3.8) is 0 Å². The Balaban J connectivity index is 0.00000240. The number of aryl methyl sites for hydroxylation is 1. The normalized spacial score (nSPS) is 12.1. The smallest absolute Gasteiger partial charge is 0.268 e. The van der Waals surface area contributed by atoms with Gasteiger partial charge in [-0.05, 0) is 24.4 Å². The summed E-state index contributed by atoms with van der Waals surface area (Å²) in [5.41, 5.74) is 2.51. The zero-order valence-corrected chi connectivity index (χ0v) is 17.0. The SMILES string of the molecule is COc1ccsc1-c1nnc(-c2nc(-c3ccccc3S(C)=O)cnc2C)o1.[HH]. The lowest BCUT2D eigenvalue weighted by Gasteiger charge is -2.08. The Morgan fingerprint density at radius 3 is 2.75 bits per heavy atom. The Hall–Kier alpha value is -2.91. The maximum Gasteiger partial charge on any atom is 0.268 e. The minimum absolute atomic E-state index is 0. The molecule has 144 valence electrons. The van der Waals surface area contributed by atoms with E-state index < -0.39 is 10.8 Å². The van der Waals surface area contributed by atoms with Gasteiger partial charge in [0.1, 0.15) is 16.3 Å². The zero-order chi connectivity index (χ0) is 19.7. The van der Waals surface area contributed by atoms with E-state index in [2.05, 4.69) is 20.2 Å². The fourth-order valence-corrected chi connectivity index (χ4v) is 4.27. The van der Waals surface area contributed by atoms with Crippen LogP contribution in [0.15, 0.2) is 51.2 Å². The second-order valence-corrected chi connectivity index (χ2v) is 8.13. The van der Waals surface area contributed by atoms with Gasteiger partial charge in [0.05, 0.1) is 35.5 Å². The topological polar surface area (TPSA) is 91.0 Å². The lowest BCUT2D eigenvalue weighted by atomic mass is 10.1. The van der Waals surface area contributed by atoms with Crippen molar-refractivity contribution < 1.29 is 14.8 Å². The second kappa shape index (κ2) is 7.61. The molecule has 9 heteroatoms. The van der Waals surface area contributed by atoms with Crippen molar-refractivity contribution in [3.05, 3.63) is 47.6 Å². The van der Waals surface area contributed by atoms with Gasteiger partial charge in [-0.15, -0.1) is 21.5 Å². The lowest BCUT2D eigenvalue weighted by Crippen LogP contribution is -1.98. The molecule has 0 amide bonds. The van der Waals surface area contributed by atoms with Gasteiger partial charge < -0.3 is 9.15 Å². The second-order valence-electron chi connectivity index (χ2n) is 5.87. The van der Waals surface area contributed by atoms with Crippen molar-refractivity contribution in [2.45, 2.75) is 11.8 Å². The molecule has 1 aromatic carbocycles. The summed E-state index contributed by atoms with van der Waals surface area (Å²) >= 11 is 1.45. The van der Waals surface area contributed by atoms with Crippen LogP contribution in [0, 0.1) is 6.92 Å². The van der Waals surface area contributed by atoms with Crippen molar-refractivity contribution in [2.75, 3.05) is 13.4 Å². The molecule has 0 saturated heterocycles. The molecule has 0 N–H and O–H groups in total. The van der Waals surface area contributed by atoms with Crippen molar-refractivity contribution in [1.29, 1.82) is 0 Å². The van der Waals surface area contributed by atoms with Crippen LogP contribution >= 0.6 is 11.3 Å². The number of hydrogen-bond acceptors (Lipinski definition) is 8. The van der Waals surface area contributed by atoms with Gasteiger partial charge in [-0.2, -0.15) is 0 Å². The molecular formula is C19H18N4O3S2. The van der Waals surface area contributed by atoms with Gasteiger partial charge in [-0.25, -0.2) is 4.98 Å². The molecule has 1 atom stereocenters. The van der Waals surface area contributed by atoms with E-state index in [1.165, 1.54) is 11.3 Å². The molecule has 0 aliphatic rings. The third-order valence-corrected chi connectivity index (χ3v) is 5.96. The van der Waals surface area contributed by atoms with Crippen molar-refractivity contribution in [1.82, 2.24) is 20.2 Å².